The van der Waals surface area contributed by atoms with Crippen molar-refractivity contribution in [1.82, 2.24) is 4.90 Å². The minimum Gasteiger partial charge on any atom is -0.369 e. The van der Waals surface area contributed by atoms with Gasteiger partial charge in [0.15, 0.2) is 0 Å². The van der Waals surface area contributed by atoms with Crippen LogP contribution in [0, 0.1) is 6.92 Å². The van der Waals surface area contributed by atoms with E-state index in [1.807, 2.05) is 55.6 Å². The van der Waals surface area contributed by atoms with Crippen LogP contribution in [-0.2, 0) is 16.4 Å². The summed E-state index contributed by atoms with van der Waals surface area (Å²) in [6.07, 6.45) is 6.41. The molecule has 0 N–H and O–H groups in total. The Bertz CT molecular complexity index is 1200. The molecule has 0 unspecified atom stereocenters. The first kappa shape index (κ1) is 22.1. The van der Waals surface area contributed by atoms with Gasteiger partial charge in [-0.05, 0) is 37.1 Å². The molecule has 32 heavy (non-hydrogen) atoms. The first-order chi connectivity index (χ1) is 15.4. The Morgan fingerprint density at radius 2 is 1.50 bits per heavy atom. The summed E-state index contributed by atoms with van der Waals surface area (Å²) in [6.45, 7) is 4.77. The summed E-state index contributed by atoms with van der Waals surface area (Å²) in [7, 11) is -3.58. The molecule has 1 aliphatic heterocycles. The lowest BCUT2D eigenvalue weighted by Crippen LogP contribution is -2.34. The molecule has 1 heterocycles. The van der Waals surface area contributed by atoms with Crippen LogP contribution in [-0.4, -0.2) is 19.4 Å². The number of sulfone groups is 1. The zero-order chi connectivity index (χ0) is 22.6. The van der Waals surface area contributed by atoms with E-state index in [1.165, 1.54) is 5.56 Å². The number of rotatable bonds is 5. The zero-order valence-corrected chi connectivity index (χ0v) is 19.4. The minimum atomic E-state index is -3.58. The molecule has 0 aliphatic carbocycles. The molecule has 0 aromatic heterocycles. The smallest absolute Gasteiger partial charge is 0.204 e. The van der Waals surface area contributed by atoms with E-state index in [0.717, 1.165) is 11.1 Å². The van der Waals surface area contributed by atoms with Crippen molar-refractivity contribution in [3.63, 3.8) is 0 Å². The second-order valence-electron chi connectivity index (χ2n) is 8.38. The quantitative estimate of drug-likeness (QED) is 0.438. The van der Waals surface area contributed by atoms with E-state index in [2.05, 4.69) is 54.3 Å². The Kier molecular flexibility index (Phi) is 6.61. The summed E-state index contributed by atoms with van der Waals surface area (Å²) in [4.78, 5) is 2.94. The summed E-state index contributed by atoms with van der Waals surface area (Å²) in [6, 6.07) is 27.8. The molecular formula is C28H29NO2S. The van der Waals surface area contributed by atoms with Gasteiger partial charge in [-0.1, -0.05) is 90.5 Å². The third-order valence-electron chi connectivity index (χ3n) is 6.08. The molecule has 0 bridgehead atoms. The Hall–Kier alpha value is -3.11. The van der Waals surface area contributed by atoms with Crippen LogP contribution in [0.3, 0.4) is 0 Å². The molecule has 0 fully saturated rings. The van der Waals surface area contributed by atoms with Gasteiger partial charge in [0.05, 0.1) is 9.80 Å². The van der Waals surface area contributed by atoms with Crippen molar-refractivity contribution in [2.75, 3.05) is 0 Å². The predicted octanol–water partition coefficient (Wildman–Crippen LogP) is 6.24. The molecule has 0 radical (unpaired) electrons. The minimum absolute atomic E-state index is 0.0809. The topological polar surface area (TPSA) is 37.4 Å². The highest BCUT2D eigenvalue weighted by Crippen LogP contribution is 2.32. The van der Waals surface area contributed by atoms with Gasteiger partial charge in [0.1, 0.15) is 0 Å². The standard InChI is InChI=1S/C28H29NO2S/c1-22-16-18-26(19-17-22)32(30,31)27-14-9-15-28(25-12-7-4-8-13-25)23(2)29(21-27)20-24-10-5-3-6-11-24/h3-13,15-19,21,23,28H,14,20H2,1-2H3/b15-9-,27-21+/t23-,28+/m0/s1. The van der Waals surface area contributed by atoms with Crippen LogP contribution in [0.5, 0.6) is 0 Å². The van der Waals surface area contributed by atoms with Crippen molar-refractivity contribution in [3.8, 4) is 0 Å². The van der Waals surface area contributed by atoms with Crippen molar-refractivity contribution in [3.05, 3.63) is 125 Å². The molecule has 4 rings (SSSR count). The predicted molar refractivity (Wildman–Crippen MR) is 131 cm³/mol. The van der Waals surface area contributed by atoms with Crippen molar-refractivity contribution >= 4 is 9.84 Å². The lowest BCUT2D eigenvalue weighted by atomic mass is 9.90. The third kappa shape index (κ3) is 4.86. The van der Waals surface area contributed by atoms with E-state index in [4.69, 9.17) is 0 Å². The van der Waals surface area contributed by atoms with Crippen LogP contribution in [0.1, 0.15) is 36.0 Å². The first-order valence-electron chi connectivity index (χ1n) is 11.0. The summed E-state index contributed by atoms with van der Waals surface area (Å²) in [5, 5.41) is 0. The molecule has 3 nitrogen and oxygen atoms in total. The Labute approximate surface area is 191 Å². The number of allylic oxidation sites excluding steroid dienone is 2. The zero-order valence-electron chi connectivity index (χ0n) is 18.6. The van der Waals surface area contributed by atoms with E-state index < -0.39 is 9.84 Å². The maximum Gasteiger partial charge on any atom is 0.204 e. The lowest BCUT2D eigenvalue weighted by molar-refractivity contribution is 0.264. The van der Waals surface area contributed by atoms with E-state index in [0.29, 0.717) is 22.8 Å². The molecule has 0 saturated heterocycles. The van der Waals surface area contributed by atoms with E-state index in [1.54, 1.807) is 12.1 Å². The molecule has 164 valence electrons. The molecule has 0 spiro atoms. The van der Waals surface area contributed by atoms with Gasteiger partial charge in [-0.2, -0.15) is 0 Å². The van der Waals surface area contributed by atoms with Crippen molar-refractivity contribution in [2.24, 2.45) is 0 Å². The molecule has 1 aliphatic rings. The molecule has 3 aromatic rings. The molecule has 4 heteroatoms. The molecule has 0 saturated carbocycles. The van der Waals surface area contributed by atoms with Crippen LogP contribution >= 0.6 is 0 Å². The first-order valence-corrected chi connectivity index (χ1v) is 12.5. The van der Waals surface area contributed by atoms with E-state index in [9.17, 15) is 8.42 Å². The van der Waals surface area contributed by atoms with Gasteiger partial charge in [-0.3, -0.25) is 0 Å². The molecule has 0 amide bonds. The maximum absolute atomic E-state index is 13.5. The average Bonchev–Trinajstić information content (AvgIpc) is 2.80. The van der Waals surface area contributed by atoms with Gasteiger partial charge in [-0.25, -0.2) is 8.42 Å². The Morgan fingerprint density at radius 3 is 2.16 bits per heavy atom. The molecular weight excluding hydrogens is 414 g/mol. The van der Waals surface area contributed by atoms with Crippen LogP contribution in [0.2, 0.25) is 0 Å². The normalized spacial score (nSPS) is 21.8. The summed E-state index contributed by atoms with van der Waals surface area (Å²) < 4.78 is 27.0. The fourth-order valence-corrected chi connectivity index (χ4v) is 5.54. The number of nitrogens with zero attached hydrogens (tertiary/aromatic N) is 1. The Balaban J connectivity index is 1.75. The highest BCUT2D eigenvalue weighted by atomic mass is 32.2. The Morgan fingerprint density at radius 1 is 0.875 bits per heavy atom. The second kappa shape index (κ2) is 9.58. The van der Waals surface area contributed by atoms with Gasteiger partial charge in [-0.15, -0.1) is 0 Å². The second-order valence-corrected chi connectivity index (χ2v) is 10.4. The fourth-order valence-electron chi connectivity index (χ4n) is 4.15. The van der Waals surface area contributed by atoms with Gasteiger partial charge in [0.25, 0.3) is 0 Å². The number of aryl methyl sites for hydroxylation is 1. The van der Waals surface area contributed by atoms with Crippen LogP contribution in [0.25, 0.3) is 0 Å². The largest absolute Gasteiger partial charge is 0.369 e. The van der Waals surface area contributed by atoms with Crippen LogP contribution < -0.4 is 0 Å². The average molecular weight is 444 g/mol. The van der Waals surface area contributed by atoms with E-state index in [-0.39, 0.29) is 12.0 Å². The summed E-state index contributed by atoms with van der Waals surface area (Å²) >= 11 is 0. The summed E-state index contributed by atoms with van der Waals surface area (Å²) in [5.74, 6) is 0.166. The van der Waals surface area contributed by atoms with Crippen molar-refractivity contribution in [1.29, 1.82) is 0 Å². The summed E-state index contributed by atoms with van der Waals surface area (Å²) in [5.41, 5.74) is 3.42. The monoisotopic (exact) mass is 443 g/mol. The highest BCUT2D eigenvalue weighted by molar-refractivity contribution is 7.95. The number of hydrogen-bond donors (Lipinski definition) is 0. The maximum atomic E-state index is 13.5. The van der Waals surface area contributed by atoms with Gasteiger partial charge >= 0.3 is 0 Å². The fraction of sp³-hybridized carbons (Fsp3) is 0.214. The molecule has 3 aromatic carbocycles. The number of hydrogen-bond acceptors (Lipinski definition) is 3. The number of benzene rings is 3. The van der Waals surface area contributed by atoms with Crippen molar-refractivity contribution < 1.29 is 8.42 Å². The van der Waals surface area contributed by atoms with Gasteiger partial charge in [0.2, 0.25) is 9.84 Å². The van der Waals surface area contributed by atoms with Crippen LogP contribution in [0.15, 0.2) is 113 Å². The highest BCUT2D eigenvalue weighted by Gasteiger charge is 2.27. The SMILES string of the molecule is Cc1ccc(S(=O)(=O)/C2=C/N(Cc3ccccc3)[C@@H](C)[C@H](c3ccccc3)/C=C\C2)cc1. The van der Waals surface area contributed by atoms with Gasteiger partial charge < -0.3 is 4.90 Å². The van der Waals surface area contributed by atoms with Gasteiger partial charge in [0, 0.05) is 31.1 Å². The third-order valence-corrected chi connectivity index (χ3v) is 7.94. The van der Waals surface area contributed by atoms with Crippen molar-refractivity contribution in [2.45, 2.75) is 43.7 Å². The molecule has 2 atom stereocenters. The lowest BCUT2D eigenvalue weighted by Gasteiger charge is -2.35. The van der Waals surface area contributed by atoms with E-state index >= 15 is 0 Å². The van der Waals surface area contributed by atoms with Crippen LogP contribution in [0.4, 0.5) is 0 Å².